The van der Waals surface area contributed by atoms with Gasteiger partial charge in [0.1, 0.15) is 5.75 Å². The van der Waals surface area contributed by atoms with Crippen LogP contribution in [0, 0.1) is 11.8 Å². The van der Waals surface area contributed by atoms with Gasteiger partial charge >= 0.3 is 0 Å². The third-order valence-corrected chi connectivity index (χ3v) is 9.28. The number of likely N-dealkylation sites (tertiary alicyclic amines) is 1. The van der Waals surface area contributed by atoms with Crippen molar-refractivity contribution in [1.82, 2.24) is 4.90 Å². The van der Waals surface area contributed by atoms with Crippen LogP contribution in [0.3, 0.4) is 0 Å². The maximum Gasteiger partial charge on any atom is 0.256 e. The number of carbonyl (C=O) groups excluding carboxylic acids is 1. The Kier molecular flexibility index (Phi) is 6.95. The Morgan fingerprint density at radius 1 is 0.775 bits per heavy atom. The first-order valence-corrected chi connectivity index (χ1v) is 14.0. The van der Waals surface area contributed by atoms with Crippen molar-refractivity contribution in [2.45, 2.75) is 30.0 Å². The quantitative estimate of drug-likeness (QED) is 0.345. The molecule has 2 N–H and O–H groups in total. The molecule has 5 nitrogen and oxygen atoms in total. The molecule has 1 saturated carbocycles. The Morgan fingerprint density at radius 2 is 1.30 bits per heavy atom. The summed E-state index contributed by atoms with van der Waals surface area (Å²) in [4.78, 5) is 15.6. The lowest BCUT2D eigenvalue weighted by Gasteiger charge is -2.53. The Morgan fingerprint density at radius 3 is 1.90 bits per heavy atom. The Labute approximate surface area is 235 Å². The number of fused-ring (bicyclic) bond motifs is 1. The van der Waals surface area contributed by atoms with Crippen molar-refractivity contribution >= 4 is 5.91 Å². The molecule has 1 aliphatic heterocycles. The summed E-state index contributed by atoms with van der Waals surface area (Å²) in [6, 6.07) is 37.7. The SMILES string of the molecule is COc1ccccc1[C@]1(O)CCC(c2ccccc2)(c2ccccc2)[C@H]2CN(C(=O)[C@@H](O)c3ccccc3)C[C@H]21. The minimum atomic E-state index is -1.26. The van der Waals surface area contributed by atoms with Crippen molar-refractivity contribution in [3.8, 4) is 5.75 Å². The fraction of sp³-hybridized carbons (Fsp3) is 0.286. The highest BCUT2D eigenvalue weighted by molar-refractivity contribution is 5.82. The summed E-state index contributed by atoms with van der Waals surface area (Å²) in [5, 5.41) is 23.7. The number of amides is 1. The molecule has 4 aromatic rings. The molecule has 0 aromatic heterocycles. The molecule has 4 aromatic carbocycles. The number of para-hydroxylation sites is 1. The fourth-order valence-electron chi connectivity index (χ4n) is 7.37. The van der Waals surface area contributed by atoms with Crippen LogP contribution in [0.25, 0.3) is 0 Å². The fourth-order valence-corrected chi connectivity index (χ4v) is 7.37. The van der Waals surface area contributed by atoms with Crippen LogP contribution < -0.4 is 4.74 Å². The van der Waals surface area contributed by atoms with Gasteiger partial charge in [0.05, 0.1) is 12.7 Å². The molecule has 0 spiro atoms. The third-order valence-electron chi connectivity index (χ3n) is 9.28. The van der Waals surface area contributed by atoms with Gasteiger partial charge in [-0.2, -0.15) is 0 Å². The summed E-state index contributed by atoms with van der Waals surface area (Å²) in [7, 11) is 1.63. The first-order chi connectivity index (χ1) is 19.5. The van der Waals surface area contributed by atoms with Crippen LogP contribution in [0.1, 0.15) is 41.2 Å². The van der Waals surface area contributed by atoms with Crippen LogP contribution in [0.2, 0.25) is 0 Å². The Bertz CT molecular complexity index is 1420. The maximum absolute atomic E-state index is 13.8. The predicted molar refractivity (Wildman–Crippen MR) is 155 cm³/mol. The van der Waals surface area contributed by atoms with Crippen LogP contribution >= 0.6 is 0 Å². The zero-order valence-electron chi connectivity index (χ0n) is 22.7. The number of nitrogens with zero attached hydrogens (tertiary/aromatic N) is 1. The number of methoxy groups -OCH3 is 1. The van der Waals surface area contributed by atoms with E-state index >= 15 is 0 Å². The van der Waals surface area contributed by atoms with Gasteiger partial charge in [0.25, 0.3) is 5.91 Å². The summed E-state index contributed by atoms with van der Waals surface area (Å²) >= 11 is 0. The van der Waals surface area contributed by atoms with Gasteiger partial charge in [0.2, 0.25) is 0 Å². The van der Waals surface area contributed by atoms with Gasteiger partial charge in [-0.05, 0) is 41.5 Å². The van der Waals surface area contributed by atoms with E-state index in [1.807, 2.05) is 54.6 Å². The first kappa shape index (κ1) is 26.3. The van der Waals surface area contributed by atoms with E-state index in [1.54, 1.807) is 24.1 Å². The Balaban J connectivity index is 1.49. The van der Waals surface area contributed by atoms with E-state index in [9.17, 15) is 15.0 Å². The number of hydrogen-bond acceptors (Lipinski definition) is 4. The summed E-state index contributed by atoms with van der Waals surface area (Å²) in [5.74, 6) is -0.0828. The van der Waals surface area contributed by atoms with E-state index in [1.165, 1.54) is 11.1 Å². The predicted octanol–water partition coefficient (Wildman–Crippen LogP) is 5.47. The molecule has 204 valence electrons. The molecule has 2 fully saturated rings. The van der Waals surface area contributed by atoms with Crippen LogP contribution in [-0.2, 0) is 15.8 Å². The highest BCUT2D eigenvalue weighted by Gasteiger charge is 2.61. The van der Waals surface area contributed by atoms with E-state index in [-0.39, 0.29) is 17.7 Å². The molecule has 6 rings (SSSR count). The molecular weight excluding hydrogens is 498 g/mol. The number of carbonyl (C=O) groups is 1. The number of rotatable bonds is 6. The molecule has 1 saturated heterocycles. The first-order valence-electron chi connectivity index (χ1n) is 14.0. The zero-order valence-corrected chi connectivity index (χ0v) is 22.7. The van der Waals surface area contributed by atoms with Crippen molar-refractivity contribution in [2.75, 3.05) is 20.2 Å². The highest BCUT2D eigenvalue weighted by Crippen LogP contribution is 2.60. The average molecular weight is 534 g/mol. The molecule has 40 heavy (non-hydrogen) atoms. The largest absolute Gasteiger partial charge is 0.496 e. The molecule has 1 heterocycles. The summed E-state index contributed by atoms with van der Waals surface area (Å²) in [5.41, 5.74) is 2.04. The van der Waals surface area contributed by atoms with E-state index in [4.69, 9.17) is 4.74 Å². The number of aliphatic hydroxyl groups is 2. The van der Waals surface area contributed by atoms with E-state index in [0.717, 1.165) is 5.56 Å². The molecule has 5 heteroatoms. The van der Waals surface area contributed by atoms with Gasteiger partial charge in [0, 0.05) is 30.0 Å². The standard InChI is InChI=1S/C35H35NO4/c1-40-31-20-12-11-19-28(31)35(39)22-21-34(26-15-7-3-8-16-26,27-17-9-4-10-18-27)29-23-36(24-30(29)35)33(38)32(37)25-13-5-2-6-14-25/h2-20,29-30,32,37,39H,21-24H2,1H3/t29-,30+,32-,35+/m0/s1. The second-order valence-corrected chi connectivity index (χ2v) is 11.1. The lowest BCUT2D eigenvalue weighted by molar-refractivity contribution is -0.140. The van der Waals surface area contributed by atoms with Gasteiger partial charge < -0.3 is 19.8 Å². The molecule has 4 atom stereocenters. The second kappa shape index (κ2) is 10.6. The topological polar surface area (TPSA) is 70.0 Å². The molecule has 0 bridgehead atoms. The van der Waals surface area contributed by atoms with E-state index < -0.39 is 17.1 Å². The van der Waals surface area contributed by atoms with Crippen LogP contribution in [0.4, 0.5) is 0 Å². The second-order valence-electron chi connectivity index (χ2n) is 11.1. The van der Waals surface area contributed by atoms with Crippen molar-refractivity contribution in [3.63, 3.8) is 0 Å². The van der Waals surface area contributed by atoms with Crippen molar-refractivity contribution < 1.29 is 19.7 Å². The monoisotopic (exact) mass is 533 g/mol. The average Bonchev–Trinajstić information content (AvgIpc) is 3.49. The number of hydrogen-bond donors (Lipinski definition) is 2. The van der Waals surface area contributed by atoms with Crippen molar-refractivity contribution in [1.29, 1.82) is 0 Å². The van der Waals surface area contributed by atoms with Crippen LogP contribution in [-0.4, -0.2) is 41.2 Å². The summed E-state index contributed by atoms with van der Waals surface area (Å²) in [6.45, 7) is 0.762. The van der Waals surface area contributed by atoms with Crippen molar-refractivity contribution in [2.24, 2.45) is 11.8 Å². The van der Waals surface area contributed by atoms with Gasteiger partial charge in [-0.3, -0.25) is 4.79 Å². The molecule has 0 unspecified atom stereocenters. The third kappa shape index (κ3) is 4.21. The van der Waals surface area contributed by atoms with E-state index in [0.29, 0.717) is 37.2 Å². The highest BCUT2D eigenvalue weighted by atomic mass is 16.5. The normalized spacial score (nSPS) is 24.2. The molecule has 1 aliphatic carbocycles. The van der Waals surface area contributed by atoms with Crippen LogP contribution in [0.5, 0.6) is 5.75 Å². The van der Waals surface area contributed by atoms with E-state index in [2.05, 4.69) is 48.5 Å². The van der Waals surface area contributed by atoms with Gasteiger partial charge in [-0.1, -0.05) is 109 Å². The maximum atomic E-state index is 13.8. The molecular formula is C35H35NO4. The molecule has 2 aliphatic rings. The Hall–Kier alpha value is -3.93. The molecule has 1 amide bonds. The summed E-state index contributed by atoms with van der Waals surface area (Å²) in [6.07, 6.45) is -0.0646. The van der Waals surface area contributed by atoms with Gasteiger partial charge in [-0.25, -0.2) is 0 Å². The molecule has 0 radical (unpaired) electrons. The number of benzene rings is 4. The zero-order chi connectivity index (χ0) is 27.7. The van der Waals surface area contributed by atoms with Gasteiger partial charge in [-0.15, -0.1) is 0 Å². The lowest BCUT2D eigenvalue weighted by atomic mass is 9.52. The lowest BCUT2D eigenvalue weighted by Crippen LogP contribution is -2.53. The number of ether oxygens (including phenoxy) is 1. The smallest absolute Gasteiger partial charge is 0.256 e. The minimum absolute atomic E-state index is 0.104. The van der Waals surface area contributed by atoms with Crippen LogP contribution in [0.15, 0.2) is 115 Å². The van der Waals surface area contributed by atoms with Gasteiger partial charge in [0.15, 0.2) is 6.10 Å². The minimum Gasteiger partial charge on any atom is -0.496 e. The van der Waals surface area contributed by atoms with Crippen molar-refractivity contribution in [3.05, 3.63) is 138 Å². The summed E-state index contributed by atoms with van der Waals surface area (Å²) < 4.78 is 5.72. The number of aliphatic hydroxyl groups excluding tert-OH is 1.